The molecule has 1 amide bonds. The van der Waals surface area contributed by atoms with Crippen LogP contribution >= 0.6 is 15.9 Å². The smallest absolute Gasteiger partial charge is 0.237 e. The first-order valence-corrected chi connectivity index (χ1v) is 6.58. The highest BCUT2D eigenvalue weighted by atomic mass is 79.9. The lowest BCUT2D eigenvalue weighted by Crippen LogP contribution is -2.19. The van der Waals surface area contributed by atoms with Crippen molar-refractivity contribution in [3.8, 4) is 0 Å². The predicted octanol–water partition coefficient (Wildman–Crippen LogP) is 2.65. The largest absolute Gasteiger partial charge is 0.322 e. The number of halogens is 1. The van der Waals surface area contributed by atoms with Crippen LogP contribution in [0.3, 0.4) is 0 Å². The van der Waals surface area contributed by atoms with Crippen LogP contribution in [0.25, 0.3) is 0 Å². The summed E-state index contributed by atoms with van der Waals surface area (Å²) in [5.41, 5.74) is 1.88. The fraction of sp³-hybridized carbons (Fsp3) is 0.231. The van der Waals surface area contributed by atoms with Crippen molar-refractivity contribution in [1.82, 2.24) is 9.78 Å². The van der Waals surface area contributed by atoms with Crippen molar-refractivity contribution in [3.05, 3.63) is 48.3 Å². The van der Waals surface area contributed by atoms with Gasteiger partial charge in [-0.1, -0.05) is 46.3 Å². The van der Waals surface area contributed by atoms with Crippen molar-refractivity contribution in [2.45, 2.75) is 18.3 Å². The van der Waals surface area contributed by atoms with Gasteiger partial charge in [0.15, 0.2) is 0 Å². The van der Waals surface area contributed by atoms with E-state index in [0.717, 1.165) is 0 Å². The monoisotopic (exact) mass is 307 g/mol. The van der Waals surface area contributed by atoms with Crippen LogP contribution in [0.1, 0.15) is 12.5 Å². The summed E-state index contributed by atoms with van der Waals surface area (Å²) < 4.78 is 1.80. The first kappa shape index (κ1) is 12.8. The molecule has 0 spiro atoms. The molecular formula is C13H14BrN3O. The lowest BCUT2D eigenvalue weighted by molar-refractivity contribution is -0.115. The predicted molar refractivity (Wildman–Crippen MR) is 74.8 cm³/mol. The molecule has 4 nitrogen and oxygen atoms in total. The van der Waals surface area contributed by atoms with Crippen LogP contribution in [0, 0.1) is 0 Å². The van der Waals surface area contributed by atoms with Crippen molar-refractivity contribution < 1.29 is 4.79 Å². The van der Waals surface area contributed by atoms with Gasteiger partial charge in [0.05, 0.1) is 23.3 Å². The Bertz CT molecular complexity index is 522. The van der Waals surface area contributed by atoms with E-state index in [0.29, 0.717) is 12.2 Å². The van der Waals surface area contributed by atoms with Crippen LogP contribution in [0.15, 0.2) is 42.7 Å². The number of hydrogen-bond donors (Lipinski definition) is 1. The van der Waals surface area contributed by atoms with Crippen LogP contribution in [-0.4, -0.2) is 20.5 Å². The molecule has 0 bridgehead atoms. The van der Waals surface area contributed by atoms with Crippen molar-refractivity contribution in [2.24, 2.45) is 0 Å². The van der Waals surface area contributed by atoms with Gasteiger partial charge in [0.1, 0.15) is 0 Å². The van der Waals surface area contributed by atoms with E-state index in [1.807, 2.05) is 36.5 Å². The SMILES string of the molecule is CC(Br)C(=O)Nc1cnn(Cc2ccccc2)c1. The van der Waals surface area contributed by atoms with Gasteiger partial charge in [-0.25, -0.2) is 0 Å². The Morgan fingerprint density at radius 2 is 2.17 bits per heavy atom. The summed E-state index contributed by atoms with van der Waals surface area (Å²) in [6.45, 7) is 2.48. The summed E-state index contributed by atoms with van der Waals surface area (Å²) in [6.07, 6.45) is 3.47. The fourth-order valence-corrected chi connectivity index (χ4v) is 1.64. The minimum Gasteiger partial charge on any atom is -0.322 e. The van der Waals surface area contributed by atoms with Gasteiger partial charge in [0.2, 0.25) is 5.91 Å². The number of amides is 1. The van der Waals surface area contributed by atoms with Crippen molar-refractivity contribution in [1.29, 1.82) is 0 Å². The van der Waals surface area contributed by atoms with E-state index in [4.69, 9.17) is 0 Å². The topological polar surface area (TPSA) is 46.9 Å². The maximum atomic E-state index is 11.5. The molecule has 1 N–H and O–H groups in total. The van der Waals surface area contributed by atoms with E-state index >= 15 is 0 Å². The van der Waals surface area contributed by atoms with Crippen LogP contribution < -0.4 is 5.32 Å². The van der Waals surface area contributed by atoms with Crippen molar-refractivity contribution >= 4 is 27.5 Å². The second-order valence-corrected chi connectivity index (χ2v) is 5.39. The number of alkyl halides is 1. The molecule has 2 aromatic rings. The summed E-state index contributed by atoms with van der Waals surface area (Å²) in [4.78, 5) is 11.3. The normalized spacial score (nSPS) is 12.1. The molecule has 5 heteroatoms. The maximum absolute atomic E-state index is 11.5. The van der Waals surface area contributed by atoms with Crippen molar-refractivity contribution in [2.75, 3.05) is 5.32 Å². The zero-order valence-corrected chi connectivity index (χ0v) is 11.6. The number of anilines is 1. The molecule has 1 aromatic carbocycles. The van der Waals surface area contributed by atoms with E-state index < -0.39 is 0 Å². The molecule has 1 unspecified atom stereocenters. The number of nitrogens with one attached hydrogen (secondary N) is 1. The van der Waals surface area contributed by atoms with Gasteiger partial charge in [0.25, 0.3) is 0 Å². The Morgan fingerprint density at radius 3 is 2.83 bits per heavy atom. The Balaban J connectivity index is 2.00. The number of nitrogens with zero attached hydrogens (tertiary/aromatic N) is 2. The summed E-state index contributed by atoms with van der Waals surface area (Å²) in [6, 6.07) is 10.1. The Kier molecular flexibility index (Phi) is 4.15. The summed E-state index contributed by atoms with van der Waals surface area (Å²) in [5, 5.41) is 6.99. The summed E-state index contributed by atoms with van der Waals surface area (Å²) in [5.74, 6) is -0.0748. The average molecular weight is 308 g/mol. The van der Waals surface area contributed by atoms with Gasteiger partial charge in [-0.05, 0) is 12.5 Å². The van der Waals surface area contributed by atoms with E-state index in [9.17, 15) is 4.79 Å². The quantitative estimate of drug-likeness (QED) is 0.883. The maximum Gasteiger partial charge on any atom is 0.237 e. The Hall–Kier alpha value is -1.62. The molecular weight excluding hydrogens is 294 g/mol. The van der Waals surface area contributed by atoms with Gasteiger partial charge in [-0.2, -0.15) is 5.10 Å². The van der Waals surface area contributed by atoms with E-state index in [-0.39, 0.29) is 10.7 Å². The second kappa shape index (κ2) is 5.82. The standard InChI is InChI=1S/C13H14BrN3O/c1-10(14)13(18)16-12-7-15-17(9-12)8-11-5-3-2-4-6-11/h2-7,9-10H,8H2,1H3,(H,16,18). The number of rotatable bonds is 4. The third-order valence-electron chi connectivity index (χ3n) is 2.45. The number of aromatic nitrogens is 2. The van der Waals surface area contributed by atoms with Gasteiger partial charge < -0.3 is 5.32 Å². The molecule has 1 atom stereocenters. The molecule has 1 heterocycles. The van der Waals surface area contributed by atoms with Crippen molar-refractivity contribution in [3.63, 3.8) is 0 Å². The molecule has 0 fully saturated rings. The molecule has 2 rings (SSSR count). The number of carbonyl (C=O) groups excluding carboxylic acids is 1. The first-order chi connectivity index (χ1) is 8.65. The highest BCUT2D eigenvalue weighted by Crippen LogP contribution is 2.09. The minimum atomic E-state index is -0.213. The number of hydrogen-bond acceptors (Lipinski definition) is 2. The second-order valence-electron chi connectivity index (χ2n) is 4.02. The molecule has 0 saturated heterocycles. The highest BCUT2D eigenvalue weighted by molar-refractivity contribution is 9.10. The average Bonchev–Trinajstić information content (AvgIpc) is 2.77. The van der Waals surface area contributed by atoms with Gasteiger partial charge >= 0.3 is 0 Å². The zero-order chi connectivity index (χ0) is 13.0. The molecule has 1 aromatic heterocycles. The number of benzene rings is 1. The van der Waals surface area contributed by atoms with Crippen LogP contribution in [0.5, 0.6) is 0 Å². The van der Waals surface area contributed by atoms with Crippen LogP contribution in [0.2, 0.25) is 0 Å². The first-order valence-electron chi connectivity index (χ1n) is 5.66. The third-order valence-corrected chi connectivity index (χ3v) is 2.87. The highest BCUT2D eigenvalue weighted by Gasteiger charge is 2.09. The zero-order valence-electron chi connectivity index (χ0n) is 10.0. The summed E-state index contributed by atoms with van der Waals surface area (Å²) in [7, 11) is 0. The molecule has 18 heavy (non-hydrogen) atoms. The lowest BCUT2D eigenvalue weighted by Gasteiger charge is -2.03. The van der Waals surface area contributed by atoms with Crippen LogP contribution in [-0.2, 0) is 11.3 Å². The van der Waals surface area contributed by atoms with Gasteiger partial charge in [-0.3, -0.25) is 9.48 Å². The molecule has 0 aliphatic rings. The van der Waals surface area contributed by atoms with Crippen LogP contribution in [0.4, 0.5) is 5.69 Å². The third kappa shape index (κ3) is 3.43. The minimum absolute atomic E-state index is 0.0748. The lowest BCUT2D eigenvalue weighted by atomic mass is 10.2. The Labute approximate surface area is 114 Å². The molecule has 0 aliphatic heterocycles. The van der Waals surface area contributed by atoms with E-state index in [1.165, 1.54) is 5.56 Å². The molecule has 0 radical (unpaired) electrons. The molecule has 0 saturated carbocycles. The Morgan fingerprint density at radius 1 is 1.44 bits per heavy atom. The fourth-order valence-electron chi connectivity index (χ4n) is 1.53. The number of carbonyl (C=O) groups is 1. The molecule has 0 aliphatic carbocycles. The van der Waals surface area contributed by atoms with E-state index in [1.54, 1.807) is 17.8 Å². The van der Waals surface area contributed by atoms with Gasteiger partial charge in [-0.15, -0.1) is 0 Å². The van der Waals surface area contributed by atoms with Gasteiger partial charge in [0, 0.05) is 6.20 Å². The van der Waals surface area contributed by atoms with E-state index in [2.05, 4.69) is 26.3 Å². The summed E-state index contributed by atoms with van der Waals surface area (Å²) >= 11 is 3.22. The molecule has 94 valence electrons.